The first-order valence-corrected chi connectivity index (χ1v) is 9.54. The van der Waals surface area contributed by atoms with E-state index < -0.39 is 5.82 Å². The Hall–Kier alpha value is -4.41. The van der Waals surface area contributed by atoms with Gasteiger partial charge in [0, 0.05) is 23.9 Å². The van der Waals surface area contributed by atoms with Gasteiger partial charge in [-0.1, -0.05) is 6.07 Å². The third-order valence-corrected chi connectivity index (χ3v) is 4.63. The van der Waals surface area contributed by atoms with Crippen molar-refractivity contribution in [2.24, 2.45) is 0 Å². The molecule has 2 aromatic carbocycles. The topological polar surface area (TPSA) is 125 Å². The Kier molecular flexibility index (Phi) is 5.71. The zero-order chi connectivity index (χ0) is 22.7. The fourth-order valence-electron chi connectivity index (χ4n) is 2.92. The van der Waals surface area contributed by atoms with Crippen molar-refractivity contribution >= 4 is 29.1 Å². The molecule has 0 spiro atoms. The average molecular weight is 436 g/mol. The molecule has 164 valence electrons. The number of nitrogens with two attached hydrogens (primary N) is 1. The number of nitrogen functional groups attached to an aromatic ring is 1. The first-order valence-electron chi connectivity index (χ1n) is 9.54. The van der Waals surface area contributed by atoms with Crippen LogP contribution in [0.15, 0.2) is 48.8 Å². The summed E-state index contributed by atoms with van der Waals surface area (Å²) in [5.41, 5.74) is 8.04. The van der Waals surface area contributed by atoms with E-state index in [1.165, 1.54) is 30.3 Å². The van der Waals surface area contributed by atoms with E-state index in [4.69, 9.17) is 15.2 Å². The Balaban J connectivity index is 1.58. The summed E-state index contributed by atoms with van der Waals surface area (Å²) in [5.74, 6) is 1.70. The van der Waals surface area contributed by atoms with Gasteiger partial charge in [0.05, 0.1) is 19.9 Å². The molecule has 4 rings (SSSR count). The van der Waals surface area contributed by atoms with Gasteiger partial charge in [-0.05, 0) is 30.7 Å². The van der Waals surface area contributed by atoms with Crippen molar-refractivity contribution in [3.8, 4) is 17.3 Å². The molecular weight excluding hydrogens is 415 g/mol. The number of hydrogen-bond acceptors (Lipinski definition) is 9. The molecule has 2 aromatic heterocycles. The lowest BCUT2D eigenvalue weighted by molar-refractivity contribution is 0.411. The number of halogens is 1. The first-order chi connectivity index (χ1) is 15.5. The van der Waals surface area contributed by atoms with Gasteiger partial charge in [0.1, 0.15) is 29.5 Å². The van der Waals surface area contributed by atoms with E-state index in [0.717, 1.165) is 17.0 Å². The second-order valence-electron chi connectivity index (χ2n) is 6.74. The van der Waals surface area contributed by atoms with Crippen LogP contribution in [0.2, 0.25) is 0 Å². The molecule has 0 radical (unpaired) electrons. The van der Waals surface area contributed by atoms with E-state index in [1.807, 2.05) is 25.1 Å². The molecule has 11 heteroatoms. The van der Waals surface area contributed by atoms with E-state index in [9.17, 15) is 4.39 Å². The van der Waals surface area contributed by atoms with Gasteiger partial charge in [-0.2, -0.15) is 9.67 Å². The van der Waals surface area contributed by atoms with Crippen LogP contribution in [-0.2, 0) is 0 Å². The largest absolute Gasteiger partial charge is 0.497 e. The summed E-state index contributed by atoms with van der Waals surface area (Å²) in [6.07, 6.45) is 1.38. The summed E-state index contributed by atoms with van der Waals surface area (Å²) in [6.45, 7) is 1.97. The third kappa shape index (κ3) is 4.36. The van der Waals surface area contributed by atoms with E-state index in [-0.39, 0.29) is 17.6 Å². The maximum absolute atomic E-state index is 14.2. The lowest BCUT2D eigenvalue weighted by Crippen LogP contribution is -2.06. The van der Waals surface area contributed by atoms with Gasteiger partial charge in [-0.15, -0.1) is 5.10 Å². The lowest BCUT2D eigenvalue weighted by atomic mass is 10.2. The molecule has 10 nitrogen and oxygen atoms in total. The number of methoxy groups -OCH3 is 2. The molecule has 4 aromatic rings. The number of hydrogen-bond donors (Lipinski definition) is 3. The van der Waals surface area contributed by atoms with Crippen LogP contribution < -0.4 is 25.8 Å². The highest BCUT2D eigenvalue weighted by atomic mass is 19.1. The van der Waals surface area contributed by atoms with Crippen LogP contribution in [0, 0.1) is 12.7 Å². The molecule has 0 aliphatic rings. The number of anilines is 5. The van der Waals surface area contributed by atoms with Crippen molar-refractivity contribution in [1.82, 2.24) is 24.7 Å². The summed E-state index contributed by atoms with van der Waals surface area (Å²) in [6, 6.07) is 11.7. The fourth-order valence-corrected chi connectivity index (χ4v) is 2.92. The maximum atomic E-state index is 14.2. The lowest BCUT2D eigenvalue weighted by Gasteiger charge is -2.11. The number of ether oxygens (including phenoxy) is 2. The molecule has 0 fully saturated rings. The molecular formula is C21H21FN8O2. The van der Waals surface area contributed by atoms with Crippen LogP contribution in [-0.4, -0.2) is 39.0 Å². The Morgan fingerprint density at radius 1 is 0.938 bits per heavy atom. The Labute approximate surface area is 183 Å². The molecule has 0 unspecified atom stereocenters. The van der Waals surface area contributed by atoms with Crippen LogP contribution in [0.25, 0.3) is 5.82 Å². The van der Waals surface area contributed by atoms with Crippen LogP contribution in [0.5, 0.6) is 11.5 Å². The molecule has 0 saturated carbocycles. The average Bonchev–Trinajstić information content (AvgIpc) is 3.17. The summed E-state index contributed by atoms with van der Waals surface area (Å²) in [5, 5.41) is 10.3. The molecule has 0 aliphatic carbocycles. The van der Waals surface area contributed by atoms with E-state index >= 15 is 0 Å². The van der Waals surface area contributed by atoms with Crippen LogP contribution in [0.4, 0.5) is 33.5 Å². The van der Waals surface area contributed by atoms with Gasteiger partial charge < -0.3 is 25.8 Å². The van der Waals surface area contributed by atoms with Gasteiger partial charge in [0.15, 0.2) is 5.82 Å². The SMILES string of the molecule is COc1ccc(Nc2nc(N)n(-c3cc(Nc4cc(OC)ccc4C)ncn3)n2)c(F)c1. The summed E-state index contributed by atoms with van der Waals surface area (Å²) < 4.78 is 25.8. The van der Waals surface area contributed by atoms with Gasteiger partial charge in [-0.25, -0.2) is 14.4 Å². The maximum Gasteiger partial charge on any atom is 0.248 e. The van der Waals surface area contributed by atoms with Crippen molar-refractivity contribution < 1.29 is 13.9 Å². The Morgan fingerprint density at radius 2 is 1.69 bits per heavy atom. The van der Waals surface area contributed by atoms with E-state index in [0.29, 0.717) is 17.4 Å². The predicted octanol–water partition coefficient (Wildman–Crippen LogP) is 3.59. The normalized spacial score (nSPS) is 10.6. The van der Waals surface area contributed by atoms with E-state index in [2.05, 4.69) is 30.7 Å². The summed E-state index contributed by atoms with van der Waals surface area (Å²) in [4.78, 5) is 12.6. The molecule has 0 aliphatic heterocycles. The highest BCUT2D eigenvalue weighted by Crippen LogP contribution is 2.26. The minimum atomic E-state index is -0.513. The molecule has 2 heterocycles. The van der Waals surface area contributed by atoms with E-state index in [1.54, 1.807) is 19.2 Å². The number of rotatable bonds is 7. The second-order valence-corrected chi connectivity index (χ2v) is 6.74. The van der Waals surface area contributed by atoms with Crippen LogP contribution in [0.1, 0.15) is 5.56 Å². The minimum Gasteiger partial charge on any atom is -0.497 e. The van der Waals surface area contributed by atoms with Crippen LogP contribution >= 0.6 is 0 Å². The monoisotopic (exact) mass is 436 g/mol. The van der Waals surface area contributed by atoms with Crippen molar-refractivity contribution in [3.05, 3.63) is 60.2 Å². The minimum absolute atomic E-state index is 0.0728. The van der Waals surface area contributed by atoms with Crippen molar-refractivity contribution in [2.45, 2.75) is 6.92 Å². The number of aromatic nitrogens is 5. The first kappa shape index (κ1) is 20.8. The Bertz CT molecular complexity index is 1260. The van der Waals surface area contributed by atoms with Crippen LogP contribution in [0.3, 0.4) is 0 Å². The summed E-state index contributed by atoms with van der Waals surface area (Å²) in [7, 11) is 3.07. The van der Waals surface area contributed by atoms with Crippen molar-refractivity contribution in [1.29, 1.82) is 0 Å². The zero-order valence-corrected chi connectivity index (χ0v) is 17.6. The molecule has 4 N–H and O–H groups in total. The summed E-state index contributed by atoms with van der Waals surface area (Å²) >= 11 is 0. The Morgan fingerprint density at radius 3 is 2.44 bits per heavy atom. The molecule has 32 heavy (non-hydrogen) atoms. The van der Waals surface area contributed by atoms with Gasteiger partial charge in [-0.3, -0.25) is 0 Å². The van der Waals surface area contributed by atoms with Gasteiger partial charge in [0.2, 0.25) is 11.9 Å². The third-order valence-electron chi connectivity index (χ3n) is 4.63. The molecule has 0 saturated heterocycles. The number of nitrogens with zero attached hydrogens (tertiary/aromatic N) is 5. The second kappa shape index (κ2) is 8.76. The smallest absolute Gasteiger partial charge is 0.248 e. The number of aryl methyl sites for hydroxylation is 1. The zero-order valence-electron chi connectivity index (χ0n) is 17.6. The molecule has 0 atom stereocenters. The molecule has 0 bridgehead atoms. The fraction of sp³-hybridized carbons (Fsp3) is 0.143. The number of nitrogens with one attached hydrogen (secondary N) is 2. The standard InChI is InChI=1S/C21H21FN8O2/c1-12-4-5-14(32-3)9-17(12)26-18-10-19(25-11-24-18)30-20(23)28-21(29-30)27-16-7-6-13(31-2)8-15(16)22/h4-11H,1-3H3,(H,24,25,26)(H3,23,27,28,29). The van der Waals surface area contributed by atoms with Crippen molar-refractivity contribution in [3.63, 3.8) is 0 Å². The van der Waals surface area contributed by atoms with Gasteiger partial charge >= 0.3 is 0 Å². The highest BCUT2D eigenvalue weighted by Gasteiger charge is 2.13. The van der Waals surface area contributed by atoms with Crippen molar-refractivity contribution in [2.75, 3.05) is 30.6 Å². The van der Waals surface area contributed by atoms with Gasteiger partial charge in [0.25, 0.3) is 0 Å². The quantitative estimate of drug-likeness (QED) is 0.398. The number of benzene rings is 2. The highest BCUT2D eigenvalue weighted by molar-refractivity contribution is 5.63. The molecule has 0 amide bonds. The predicted molar refractivity (Wildman–Crippen MR) is 119 cm³/mol.